The summed E-state index contributed by atoms with van der Waals surface area (Å²) in [6, 6.07) is -1.13. The number of rotatable bonds is 11. The van der Waals surface area contributed by atoms with E-state index in [1.54, 1.807) is 41.1 Å². The molecule has 3 heterocycles. The maximum absolute atomic E-state index is 14.5. The predicted molar refractivity (Wildman–Crippen MR) is 269 cm³/mol. The number of allylic oxidation sites excluding steroid dienone is 6. The van der Waals surface area contributed by atoms with Gasteiger partial charge in [-0.15, -0.1) is 11.6 Å². The Morgan fingerprint density at radius 2 is 1.60 bits per heavy atom. The minimum Gasteiger partial charge on any atom is -0.460 e. The molecule has 14 nitrogen and oxygen atoms in total. The number of carbonyl (C=O) groups is 5. The molecule has 0 radical (unpaired) electrons. The van der Waals surface area contributed by atoms with Gasteiger partial charge in [-0.2, -0.15) is 0 Å². The second-order valence-electron chi connectivity index (χ2n) is 20.8. The van der Waals surface area contributed by atoms with Crippen LogP contribution in [0.2, 0.25) is 0 Å². The Hall–Kier alpha value is -3.08. The van der Waals surface area contributed by atoms with Crippen LogP contribution in [0.3, 0.4) is 0 Å². The molecule has 0 aromatic rings. The minimum atomic E-state index is -2.43. The zero-order valence-electron chi connectivity index (χ0n) is 43.8. The molecule has 4 rings (SSSR count). The smallest absolute Gasteiger partial charge is 0.329 e. The fourth-order valence-electron chi connectivity index (χ4n) is 10.7. The number of ketones is 3. The summed E-state index contributed by atoms with van der Waals surface area (Å²) in [5.74, 6) is -7.22. The predicted octanol–water partition coefficient (Wildman–Crippen LogP) is 8.22. The number of esters is 1. The normalized spacial score (nSPS) is 38.4. The van der Waals surface area contributed by atoms with E-state index < -0.39 is 77.8 Å². The monoisotopic (exact) mass is 1000 g/mol. The van der Waals surface area contributed by atoms with E-state index in [0.29, 0.717) is 63.0 Å². The number of amides is 1. The number of aliphatic hydroxyl groups excluding tert-OH is 1. The molecule has 1 saturated carbocycles. The molecule has 1 unspecified atom stereocenters. The molecular formula is C55H86ClNO13. The number of piperidine rings is 1. The number of halogens is 1. The highest BCUT2D eigenvalue weighted by molar-refractivity contribution is 6.39. The summed E-state index contributed by atoms with van der Waals surface area (Å²) in [7, 11) is 4.65. The molecule has 0 aromatic carbocycles. The van der Waals surface area contributed by atoms with E-state index in [0.717, 1.165) is 37.7 Å². The van der Waals surface area contributed by atoms with Gasteiger partial charge in [-0.1, -0.05) is 71.1 Å². The molecule has 2 saturated heterocycles. The van der Waals surface area contributed by atoms with Gasteiger partial charge in [-0.3, -0.25) is 19.2 Å². The van der Waals surface area contributed by atoms with Crippen molar-refractivity contribution in [3.63, 3.8) is 0 Å². The van der Waals surface area contributed by atoms with Crippen LogP contribution in [0.4, 0.5) is 0 Å². The van der Waals surface area contributed by atoms with Crippen LogP contribution < -0.4 is 0 Å². The van der Waals surface area contributed by atoms with Gasteiger partial charge in [0.05, 0.1) is 24.4 Å². The first-order valence-electron chi connectivity index (χ1n) is 26.0. The molecule has 3 aliphatic heterocycles. The van der Waals surface area contributed by atoms with E-state index >= 15 is 0 Å². The number of cyclic esters (lactones) is 1. The zero-order chi connectivity index (χ0) is 51.7. The van der Waals surface area contributed by atoms with Gasteiger partial charge in [-0.25, -0.2) is 4.79 Å². The number of aliphatic hydroxyl groups is 2. The number of hydrogen-bond acceptors (Lipinski definition) is 13. The molecule has 2 N–H and O–H groups in total. The summed E-state index contributed by atoms with van der Waals surface area (Å²) in [5.41, 5.74) is 1.28. The van der Waals surface area contributed by atoms with Gasteiger partial charge in [0.15, 0.2) is 5.78 Å². The fraction of sp³-hybridized carbons (Fsp3) is 0.764. The number of hydrogen-bond donors (Lipinski definition) is 2. The number of ether oxygens (including phenoxy) is 6. The average molecular weight is 1000 g/mol. The van der Waals surface area contributed by atoms with Crippen molar-refractivity contribution >= 4 is 40.8 Å². The molecule has 15 atom stereocenters. The third-order valence-electron chi connectivity index (χ3n) is 15.3. The number of Topliss-reactive ketones (excluding diaryl/α,β-unsaturated/α-hetero) is 3. The highest BCUT2D eigenvalue weighted by Gasteiger charge is 2.53. The van der Waals surface area contributed by atoms with Crippen molar-refractivity contribution in [2.45, 2.75) is 193 Å². The van der Waals surface area contributed by atoms with E-state index in [9.17, 15) is 34.2 Å². The second-order valence-corrected chi connectivity index (χ2v) is 21.2. The number of unbranched alkanes of at least 4 members (excludes halogenated alkanes) is 1. The Morgan fingerprint density at radius 1 is 0.857 bits per heavy atom. The van der Waals surface area contributed by atoms with E-state index in [4.69, 9.17) is 40.0 Å². The summed E-state index contributed by atoms with van der Waals surface area (Å²) < 4.78 is 36.1. The summed E-state index contributed by atoms with van der Waals surface area (Å²) in [6.45, 7) is 13.5. The molecule has 4 aliphatic rings. The standard InChI is InChI=1S/C55H86ClNO13/c1-34-18-12-11-13-19-35(2)46(65-8)32-42-23-21-40(7)55(64,70-42)52(61)53(62)57-26-16-14-20-43(57)54(63)69-47(37(4)30-41-22-24-45(48(31-41)66-9)68-27-17-15-25-56)33-44(58)36(3)29-39(6)50(60)51(67-10)49(59)38(5)28-34/h11-13,18-19,29,34,36-38,40-43,45-48,50-51,60,64H,14-17,20-28,30-33H2,1-10H3/b13-11+,18-12+,35-19+,39-29+/t34-,36-,37-,38-,40-,41+,42+,43?,45-,46+,47+,48-,50-,51+,55-/m1/s1. The number of methoxy groups -OCH3 is 3. The lowest BCUT2D eigenvalue weighted by molar-refractivity contribution is -0.265. The number of fused-ring (bicyclic) bond motifs is 3. The zero-order valence-corrected chi connectivity index (χ0v) is 44.5. The van der Waals surface area contributed by atoms with Crippen LogP contribution in [-0.2, 0) is 52.4 Å². The van der Waals surface area contributed by atoms with Crippen molar-refractivity contribution in [3.8, 4) is 0 Å². The van der Waals surface area contributed by atoms with Gasteiger partial charge in [0.25, 0.3) is 11.7 Å². The largest absolute Gasteiger partial charge is 0.460 e. The van der Waals surface area contributed by atoms with Crippen molar-refractivity contribution < 1.29 is 62.6 Å². The van der Waals surface area contributed by atoms with Crippen LogP contribution in [-0.4, -0.2) is 139 Å². The Balaban J connectivity index is 1.68. The van der Waals surface area contributed by atoms with Gasteiger partial charge in [0, 0.05) is 71.0 Å². The van der Waals surface area contributed by atoms with Gasteiger partial charge in [0.2, 0.25) is 5.79 Å². The summed E-state index contributed by atoms with van der Waals surface area (Å²) >= 11 is 5.88. The van der Waals surface area contributed by atoms with E-state index in [-0.39, 0.29) is 60.9 Å². The Morgan fingerprint density at radius 3 is 2.29 bits per heavy atom. The first kappa shape index (κ1) is 59.5. The van der Waals surface area contributed by atoms with E-state index in [1.165, 1.54) is 12.0 Å². The first-order valence-corrected chi connectivity index (χ1v) is 26.5. The molecule has 1 amide bonds. The molecule has 15 heteroatoms. The summed E-state index contributed by atoms with van der Waals surface area (Å²) in [6.07, 6.45) is 14.3. The molecule has 0 spiro atoms. The molecule has 1 aliphatic carbocycles. The van der Waals surface area contributed by atoms with Gasteiger partial charge in [-0.05, 0) is 120 Å². The lowest BCUT2D eigenvalue weighted by Gasteiger charge is -2.42. The van der Waals surface area contributed by atoms with Gasteiger partial charge in [0.1, 0.15) is 30.1 Å². The van der Waals surface area contributed by atoms with Crippen LogP contribution in [0.25, 0.3) is 0 Å². The first-order chi connectivity index (χ1) is 33.3. The lowest BCUT2D eigenvalue weighted by Crippen LogP contribution is -2.61. The van der Waals surface area contributed by atoms with Crippen molar-refractivity contribution in [3.05, 3.63) is 47.6 Å². The van der Waals surface area contributed by atoms with Gasteiger partial charge < -0.3 is 43.5 Å². The third kappa shape index (κ3) is 16.5. The van der Waals surface area contributed by atoms with Crippen LogP contribution in [0.5, 0.6) is 0 Å². The third-order valence-corrected chi connectivity index (χ3v) is 15.6. The Bertz CT molecular complexity index is 1850. The van der Waals surface area contributed by atoms with Crippen LogP contribution in [0.1, 0.15) is 138 Å². The molecule has 0 aromatic heterocycles. The number of carbonyl (C=O) groups excluding carboxylic acids is 5. The van der Waals surface area contributed by atoms with E-state index in [2.05, 4.69) is 0 Å². The lowest BCUT2D eigenvalue weighted by atomic mass is 9.78. The van der Waals surface area contributed by atoms with Crippen LogP contribution in [0, 0.1) is 35.5 Å². The average Bonchev–Trinajstić information content (AvgIpc) is 3.34. The molecular weight excluding hydrogens is 918 g/mol. The maximum Gasteiger partial charge on any atom is 0.329 e. The Kier molecular flexibility index (Phi) is 24.6. The molecule has 3 fully saturated rings. The van der Waals surface area contributed by atoms with Crippen molar-refractivity contribution in [2.75, 3.05) is 40.4 Å². The topological polar surface area (TPSA) is 184 Å². The SMILES string of the molecule is CO[C@H]1C[C@@H]2CC[C@@H](C)[C@@](O)(O2)C(=O)C(=O)N2CCCCC2C(=O)O[C@H]([C@H](C)C[C@@H]2CC[C@@H](OCCCCCl)[C@H](OC)C2)CC(=O)[C@H](C)/C=C(\C)[C@@H](O)[C@@H](OC)C(=O)[C@H](C)C[C@H](C)/C=C/C=C/C=C/1C. The Labute approximate surface area is 423 Å². The number of alkyl halides is 1. The molecule has 396 valence electrons. The van der Waals surface area contributed by atoms with Crippen molar-refractivity contribution in [2.24, 2.45) is 35.5 Å². The van der Waals surface area contributed by atoms with E-state index in [1.807, 2.05) is 58.1 Å². The van der Waals surface area contributed by atoms with Gasteiger partial charge >= 0.3 is 5.97 Å². The molecule has 70 heavy (non-hydrogen) atoms. The number of nitrogens with zero attached hydrogens (tertiary/aromatic N) is 1. The highest BCUT2D eigenvalue weighted by Crippen LogP contribution is 2.38. The fourth-order valence-corrected chi connectivity index (χ4v) is 10.9. The second kappa shape index (κ2) is 29.0. The van der Waals surface area contributed by atoms with Crippen molar-refractivity contribution in [1.29, 1.82) is 0 Å². The van der Waals surface area contributed by atoms with Crippen LogP contribution >= 0.6 is 11.6 Å². The molecule has 2 bridgehead atoms. The quantitative estimate of drug-likeness (QED) is 0.0664. The summed E-state index contributed by atoms with van der Waals surface area (Å²) in [4.78, 5) is 72.4. The van der Waals surface area contributed by atoms with Crippen LogP contribution in [0.15, 0.2) is 47.6 Å². The van der Waals surface area contributed by atoms with Crippen molar-refractivity contribution in [1.82, 2.24) is 4.90 Å². The minimum absolute atomic E-state index is 0.0200. The summed E-state index contributed by atoms with van der Waals surface area (Å²) in [5, 5.41) is 23.5. The highest BCUT2D eigenvalue weighted by atomic mass is 35.5. The maximum atomic E-state index is 14.5.